The Labute approximate surface area is 114 Å². The van der Waals surface area contributed by atoms with Crippen molar-refractivity contribution in [2.24, 2.45) is 5.92 Å². The molecule has 0 radical (unpaired) electrons. The zero-order valence-corrected chi connectivity index (χ0v) is 12.3. The number of hydrogen-bond donors (Lipinski definition) is 1. The van der Waals surface area contributed by atoms with Crippen LogP contribution in [0.2, 0.25) is 0 Å². The van der Waals surface area contributed by atoms with Gasteiger partial charge in [0.2, 0.25) is 0 Å². The molecular weight excluding hydrogens is 246 g/mol. The standard InChI is InChI=1S/C13H23N3OS/c1-11(2)9-18-10-13-15-5-4-12(16-13)8-14-6-7-17-3/h4-5,11,14H,6-10H2,1-3H3. The molecule has 0 aliphatic rings. The molecule has 0 amide bonds. The Hall–Kier alpha value is -0.650. The average molecular weight is 269 g/mol. The van der Waals surface area contributed by atoms with Gasteiger partial charge in [0, 0.05) is 26.4 Å². The van der Waals surface area contributed by atoms with Crippen LogP contribution in [0.3, 0.4) is 0 Å². The number of thioether (sulfide) groups is 1. The number of rotatable bonds is 9. The van der Waals surface area contributed by atoms with Gasteiger partial charge in [-0.05, 0) is 17.7 Å². The molecule has 0 bridgehead atoms. The van der Waals surface area contributed by atoms with E-state index in [1.54, 1.807) is 7.11 Å². The lowest BCUT2D eigenvalue weighted by Gasteiger charge is -2.06. The van der Waals surface area contributed by atoms with Gasteiger partial charge in [-0.15, -0.1) is 0 Å². The lowest BCUT2D eigenvalue weighted by Crippen LogP contribution is -2.19. The lowest BCUT2D eigenvalue weighted by atomic mass is 10.3. The maximum Gasteiger partial charge on any atom is 0.138 e. The van der Waals surface area contributed by atoms with Crippen LogP contribution in [0, 0.1) is 5.92 Å². The fourth-order valence-electron chi connectivity index (χ4n) is 1.39. The van der Waals surface area contributed by atoms with Crippen molar-refractivity contribution in [2.45, 2.75) is 26.1 Å². The van der Waals surface area contributed by atoms with Crippen LogP contribution in [-0.2, 0) is 17.0 Å². The average Bonchev–Trinajstić information content (AvgIpc) is 2.35. The molecule has 1 aromatic heterocycles. The molecule has 0 fully saturated rings. The van der Waals surface area contributed by atoms with Crippen molar-refractivity contribution in [3.63, 3.8) is 0 Å². The molecule has 0 atom stereocenters. The van der Waals surface area contributed by atoms with E-state index in [2.05, 4.69) is 29.1 Å². The number of nitrogens with zero attached hydrogens (tertiary/aromatic N) is 2. The fourth-order valence-corrected chi connectivity index (χ4v) is 2.30. The Kier molecular flexibility index (Phi) is 7.96. The molecule has 102 valence electrons. The van der Waals surface area contributed by atoms with Crippen molar-refractivity contribution in [3.8, 4) is 0 Å². The summed E-state index contributed by atoms with van der Waals surface area (Å²) in [6.07, 6.45) is 1.84. The third-order valence-electron chi connectivity index (χ3n) is 2.23. The zero-order valence-electron chi connectivity index (χ0n) is 11.5. The predicted molar refractivity (Wildman–Crippen MR) is 76.6 cm³/mol. The minimum Gasteiger partial charge on any atom is -0.383 e. The topological polar surface area (TPSA) is 47.0 Å². The van der Waals surface area contributed by atoms with Gasteiger partial charge < -0.3 is 10.1 Å². The second-order valence-electron chi connectivity index (χ2n) is 4.54. The highest BCUT2D eigenvalue weighted by atomic mass is 32.2. The number of methoxy groups -OCH3 is 1. The van der Waals surface area contributed by atoms with Crippen LogP contribution >= 0.6 is 11.8 Å². The minimum atomic E-state index is 0.717. The van der Waals surface area contributed by atoms with Gasteiger partial charge in [-0.2, -0.15) is 11.8 Å². The Bertz CT molecular complexity index is 334. The summed E-state index contributed by atoms with van der Waals surface area (Å²) in [6, 6.07) is 1.95. The Morgan fingerprint density at radius 2 is 2.28 bits per heavy atom. The number of nitrogens with one attached hydrogen (secondary N) is 1. The van der Waals surface area contributed by atoms with E-state index in [1.165, 1.54) is 0 Å². The minimum absolute atomic E-state index is 0.717. The van der Waals surface area contributed by atoms with Crippen LogP contribution in [0.5, 0.6) is 0 Å². The molecule has 0 spiro atoms. The molecule has 0 aromatic carbocycles. The van der Waals surface area contributed by atoms with E-state index in [9.17, 15) is 0 Å². The predicted octanol–water partition coefficient (Wildman–Crippen LogP) is 2.10. The highest BCUT2D eigenvalue weighted by Crippen LogP contribution is 2.12. The Balaban J connectivity index is 2.32. The third-order valence-corrected chi connectivity index (χ3v) is 3.60. The van der Waals surface area contributed by atoms with Gasteiger partial charge in [-0.25, -0.2) is 9.97 Å². The molecule has 5 heteroatoms. The molecule has 1 rings (SSSR count). The van der Waals surface area contributed by atoms with Crippen molar-refractivity contribution in [2.75, 3.05) is 26.0 Å². The molecule has 0 saturated heterocycles. The Morgan fingerprint density at radius 3 is 3.00 bits per heavy atom. The van der Waals surface area contributed by atoms with Crippen LogP contribution in [0.1, 0.15) is 25.4 Å². The summed E-state index contributed by atoms with van der Waals surface area (Å²) in [5, 5.41) is 3.28. The molecule has 1 heterocycles. The molecule has 4 nitrogen and oxygen atoms in total. The zero-order chi connectivity index (χ0) is 13.2. The fraction of sp³-hybridized carbons (Fsp3) is 0.692. The first kappa shape index (κ1) is 15.4. The van der Waals surface area contributed by atoms with E-state index in [-0.39, 0.29) is 0 Å². The van der Waals surface area contributed by atoms with E-state index < -0.39 is 0 Å². The van der Waals surface area contributed by atoms with E-state index in [0.29, 0.717) is 5.92 Å². The van der Waals surface area contributed by atoms with Crippen LogP contribution < -0.4 is 5.32 Å². The van der Waals surface area contributed by atoms with Gasteiger partial charge in [0.25, 0.3) is 0 Å². The summed E-state index contributed by atoms with van der Waals surface area (Å²) in [5.41, 5.74) is 1.04. The monoisotopic (exact) mass is 269 g/mol. The summed E-state index contributed by atoms with van der Waals surface area (Å²) < 4.78 is 4.98. The normalized spacial score (nSPS) is 11.1. The lowest BCUT2D eigenvalue weighted by molar-refractivity contribution is 0.199. The van der Waals surface area contributed by atoms with Crippen molar-refractivity contribution < 1.29 is 4.74 Å². The molecule has 1 aromatic rings. The molecule has 0 aliphatic heterocycles. The van der Waals surface area contributed by atoms with Crippen molar-refractivity contribution >= 4 is 11.8 Å². The molecule has 18 heavy (non-hydrogen) atoms. The quantitative estimate of drug-likeness (QED) is 0.696. The molecule has 0 unspecified atom stereocenters. The third kappa shape index (κ3) is 6.93. The summed E-state index contributed by atoms with van der Waals surface area (Å²) in [6.45, 7) is 6.79. The summed E-state index contributed by atoms with van der Waals surface area (Å²) >= 11 is 1.89. The van der Waals surface area contributed by atoms with Gasteiger partial charge in [0.05, 0.1) is 18.1 Å². The molecule has 0 saturated carbocycles. The highest BCUT2D eigenvalue weighted by Gasteiger charge is 2.01. The summed E-state index contributed by atoms with van der Waals surface area (Å²) in [4.78, 5) is 8.83. The van der Waals surface area contributed by atoms with E-state index in [4.69, 9.17) is 4.74 Å². The highest BCUT2D eigenvalue weighted by molar-refractivity contribution is 7.98. The van der Waals surface area contributed by atoms with Crippen molar-refractivity contribution in [3.05, 3.63) is 23.8 Å². The first-order valence-corrected chi connectivity index (χ1v) is 7.46. The molecular formula is C13H23N3OS. The van der Waals surface area contributed by atoms with Gasteiger partial charge in [0.1, 0.15) is 5.82 Å². The van der Waals surface area contributed by atoms with Crippen LogP contribution in [0.25, 0.3) is 0 Å². The van der Waals surface area contributed by atoms with E-state index in [0.717, 1.165) is 42.7 Å². The second kappa shape index (κ2) is 9.30. The summed E-state index contributed by atoms with van der Waals surface area (Å²) in [7, 11) is 1.70. The first-order valence-electron chi connectivity index (χ1n) is 6.30. The van der Waals surface area contributed by atoms with Crippen LogP contribution in [-0.4, -0.2) is 36.0 Å². The number of ether oxygens (including phenoxy) is 1. The SMILES string of the molecule is COCCNCc1ccnc(CSCC(C)C)n1. The van der Waals surface area contributed by atoms with Gasteiger partial charge in [-0.3, -0.25) is 0 Å². The second-order valence-corrected chi connectivity index (χ2v) is 5.57. The van der Waals surface area contributed by atoms with E-state index >= 15 is 0 Å². The first-order chi connectivity index (χ1) is 8.72. The number of hydrogen-bond acceptors (Lipinski definition) is 5. The van der Waals surface area contributed by atoms with Gasteiger partial charge in [-0.1, -0.05) is 13.8 Å². The van der Waals surface area contributed by atoms with Crippen LogP contribution in [0.4, 0.5) is 0 Å². The van der Waals surface area contributed by atoms with E-state index in [1.807, 2.05) is 24.0 Å². The van der Waals surface area contributed by atoms with Crippen LogP contribution in [0.15, 0.2) is 12.3 Å². The van der Waals surface area contributed by atoms with Crippen molar-refractivity contribution in [1.82, 2.24) is 15.3 Å². The van der Waals surface area contributed by atoms with Gasteiger partial charge in [0.15, 0.2) is 0 Å². The van der Waals surface area contributed by atoms with Crippen molar-refractivity contribution in [1.29, 1.82) is 0 Å². The maximum absolute atomic E-state index is 4.98. The largest absolute Gasteiger partial charge is 0.383 e. The summed E-state index contributed by atoms with van der Waals surface area (Å²) in [5.74, 6) is 3.68. The Morgan fingerprint density at radius 1 is 1.44 bits per heavy atom. The molecule has 1 N–H and O–H groups in total. The maximum atomic E-state index is 4.98. The number of aromatic nitrogens is 2. The van der Waals surface area contributed by atoms with Gasteiger partial charge >= 0.3 is 0 Å². The molecule has 0 aliphatic carbocycles. The smallest absolute Gasteiger partial charge is 0.138 e.